The second-order valence-electron chi connectivity index (χ2n) is 3.64. The van der Waals surface area contributed by atoms with Gasteiger partial charge in [0.15, 0.2) is 6.40 Å². The molecule has 4 nitrogen and oxygen atoms in total. The van der Waals surface area contributed by atoms with Crippen LogP contribution in [0.2, 0.25) is 0 Å². The monoisotopic (exact) mass is 193 g/mol. The number of aromatic amines is 1. The lowest BCUT2D eigenvalue weighted by Gasteiger charge is -2.18. The third kappa shape index (κ3) is 1.95. The van der Waals surface area contributed by atoms with Crippen molar-refractivity contribution in [1.29, 1.82) is 0 Å². The molecule has 1 N–H and O–H groups in total. The molecule has 0 spiro atoms. The number of ether oxygens (including phenoxy) is 1. The maximum Gasteiger partial charge on any atom is 0.168 e. The third-order valence-electron chi connectivity index (χ3n) is 2.63. The maximum atomic E-state index is 4.78. The van der Waals surface area contributed by atoms with Crippen molar-refractivity contribution in [1.82, 2.24) is 9.97 Å². The smallest absolute Gasteiger partial charge is 0.168 e. The van der Waals surface area contributed by atoms with Gasteiger partial charge in [0.2, 0.25) is 0 Å². The van der Waals surface area contributed by atoms with Gasteiger partial charge in [0.25, 0.3) is 0 Å². The molecule has 1 atom stereocenters. The molecular formula is C10H15N3O. The molecule has 1 aromatic heterocycles. The number of hydrogen-bond acceptors (Lipinski definition) is 3. The van der Waals surface area contributed by atoms with E-state index in [4.69, 9.17) is 4.74 Å². The Morgan fingerprint density at radius 1 is 1.79 bits per heavy atom. The number of methoxy groups -OCH3 is 1. The fourth-order valence-corrected chi connectivity index (χ4v) is 1.90. The summed E-state index contributed by atoms with van der Waals surface area (Å²) in [6.45, 7) is 0.853. The molecule has 1 unspecified atom stereocenters. The summed E-state index contributed by atoms with van der Waals surface area (Å²) in [6.07, 6.45) is 6.62. The average molecular weight is 193 g/mol. The number of aliphatic imine (C=N–C) groups is 1. The zero-order valence-corrected chi connectivity index (χ0v) is 8.36. The van der Waals surface area contributed by atoms with Crippen LogP contribution in [0.3, 0.4) is 0 Å². The van der Waals surface area contributed by atoms with Gasteiger partial charge in [-0.05, 0) is 25.2 Å². The van der Waals surface area contributed by atoms with E-state index < -0.39 is 0 Å². The quantitative estimate of drug-likeness (QED) is 0.579. The summed E-state index contributed by atoms with van der Waals surface area (Å²) in [5.74, 6) is 0.634. The molecule has 2 rings (SSSR count). The fourth-order valence-electron chi connectivity index (χ4n) is 1.90. The molecule has 14 heavy (non-hydrogen) atoms. The summed E-state index contributed by atoms with van der Waals surface area (Å²) >= 11 is 0. The average Bonchev–Trinajstić information content (AvgIpc) is 2.65. The predicted molar refractivity (Wildman–Crippen MR) is 54.5 cm³/mol. The fraction of sp³-hybridized carbons (Fsp3) is 0.600. The maximum absolute atomic E-state index is 4.78. The van der Waals surface area contributed by atoms with Gasteiger partial charge in [-0.15, -0.1) is 0 Å². The van der Waals surface area contributed by atoms with Gasteiger partial charge < -0.3 is 9.72 Å². The topological polar surface area (TPSA) is 50.3 Å². The highest BCUT2D eigenvalue weighted by molar-refractivity contribution is 5.45. The van der Waals surface area contributed by atoms with Gasteiger partial charge in [0, 0.05) is 12.2 Å². The lowest BCUT2D eigenvalue weighted by Crippen LogP contribution is -2.16. The Kier molecular flexibility index (Phi) is 2.81. The van der Waals surface area contributed by atoms with Crippen molar-refractivity contribution in [2.75, 3.05) is 13.7 Å². The van der Waals surface area contributed by atoms with Gasteiger partial charge in [0.05, 0.1) is 19.1 Å². The first-order chi connectivity index (χ1) is 6.90. The van der Waals surface area contributed by atoms with E-state index in [1.54, 1.807) is 13.4 Å². The molecule has 0 aliphatic heterocycles. The van der Waals surface area contributed by atoms with Crippen LogP contribution in [0.25, 0.3) is 0 Å². The summed E-state index contributed by atoms with van der Waals surface area (Å²) in [7, 11) is 1.62. The number of nitrogens with zero attached hydrogens (tertiary/aromatic N) is 2. The van der Waals surface area contributed by atoms with Gasteiger partial charge in [-0.3, -0.25) is 4.99 Å². The van der Waals surface area contributed by atoms with Gasteiger partial charge in [-0.1, -0.05) is 0 Å². The van der Waals surface area contributed by atoms with Gasteiger partial charge >= 0.3 is 0 Å². The first-order valence-electron chi connectivity index (χ1n) is 4.92. The number of nitrogens with one attached hydrogen (secondary N) is 1. The van der Waals surface area contributed by atoms with Crippen molar-refractivity contribution in [3.8, 4) is 0 Å². The summed E-state index contributed by atoms with van der Waals surface area (Å²) < 4.78 is 4.78. The number of rotatable bonds is 3. The van der Waals surface area contributed by atoms with E-state index in [1.807, 2.05) is 0 Å². The van der Waals surface area contributed by atoms with E-state index in [0.717, 1.165) is 19.4 Å². The van der Waals surface area contributed by atoms with Crippen LogP contribution in [0.1, 0.15) is 17.8 Å². The zero-order chi connectivity index (χ0) is 9.80. The Morgan fingerprint density at radius 3 is 3.57 bits per heavy atom. The first-order valence-corrected chi connectivity index (χ1v) is 4.92. The van der Waals surface area contributed by atoms with Crippen LogP contribution in [-0.4, -0.2) is 30.0 Å². The summed E-state index contributed by atoms with van der Waals surface area (Å²) in [6, 6.07) is 0. The Hall–Kier alpha value is -1.32. The molecule has 0 fully saturated rings. The molecule has 76 valence electrons. The van der Waals surface area contributed by atoms with E-state index in [9.17, 15) is 0 Å². The number of imidazole rings is 1. The summed E-state index contributed by atoms with van der Waals surface area (Å²) in [5, 5.41) is 0. The van der Waals surface area contributed by atoms with Crippen LogP contribution in [0, 0.1) is 5.92 Å². The highest BCUT2D eigenvalue weighted by Crippen LogP contribution is 2.22. The molecule has 0 amide bonds. The van der Waals surface area contributed by atoms with E-state index in [-0.39, 0.29) is 0 Å². The number of aromatic nitrogens is 2. The minimum atomic E-state index is 0.634. The number of aryl methyl sites for hydroxylation is 1. The molecule has 1 aliphatic carbocycles. The Balaban J connectivity index is 1.91. The van der Waals surface area contributed by atoms with E-state index >= 15 is 0 Å². The van der Waals surface area contributed by atoms with Gasteiger partial charge in [0.1, 0.15) is 0 Å². The van der Waals surface area contributed by atoms with Crippen LogP contribution >= 0.6 is 0 Å². The molecular weight excluding hydrogens is 178 g/mol. The molecule has 0 aromatic carbocycles. The molecule has 1 aliphatic rings. The van der Waals surface area contributed by atoms with Crippen LogP contribution < -0.4 is 0 Å². The van der Waals surface area contributed by atoms with Crippen LogP contribution in [0.4, 0.5) is 0 Å². The molecule has 0 radical (unpaired) electrons. The summed E-state index contributed by atoms with van der Waals surface area (Å²) in [4.78, 5) is 11.6. The predicted octanol–water partition coefficient (Wildman–Crippen LogP) is 1.19. The van der Waals surface area contributed by atoms with E-state index in [1.165, 1.54) is 24.2 Å². The van der Waals surface area contributed by atoms with Crippen LogP contribution in [0.5, 0.6) is 0 Å². The van der Waals surface area contributed by atoms with Crippen molar-refractivity contribution >= 4 is 6.40 Å². The molecule has 0 saturated carbocycles. The van der Waals surface area contributed by atoms with Crippen molar-refractivity contribution in [3.05, 3.63) is 17.7 Å². The largest absolute Gasteiger partial charge is 0.487 e. The number of H-pyrrole nitrogens is 1. The zero-order valence-electron chi connectivity index (χ0n) is 8.36. The Bertz CT molecular complexity index is 319. The molecule has 1 aromatic rings. The van der Waals surface area contributed by atoms with Crippen LogP contribution in [0.15, 0.2) is 11.3 Å². The Morgan fingerprint density at radius 2 is 2.71 bits per heavy atom. The highest BCUT2D eigenvalue weighted by Gasteiger charge is 2.19. The summed E-state index contributed by atoms with van der Waals surface area (Å²) in [5.41, 5.74) is 2.52. The van der Waals surface area contributed by atoms with Crippen LogP contribution in [-0.2, 0) is 17.6 Å². The van der Waals surface area contributed by atoms with Gasteiger partial charge in [-0.25, -0.2) is 4.98 Å². The second kappa shape index (κ2) is 4.26. The molecule has 1 heterocycles. The molecule has 0 bridgehead atoms. The van der Waals surface area contributed by atoms with Crippen molar-refractivity contribution in [2.24, 2.45) is 10.9 Å². The van der Waals surface area contributed by atoms with Crippen molar-refractivity contribution in [3.63, 3.8) is 0 Å². The van der Waals surface area contributed by atoms with E-state index in [2.05, 4.69) is 15.0 Å². The lowest BCUT2D eigenvalue weighted by molar-refractivity contribution is 0.411. The highest BCUT2D eigenvalue weighted by atomic mass is 16.5. The minimum Gasteiger partial charge on any atom is -0.487 e. The third-order valence-corrected chi connectivity index (χ3v) is 2.63. The standard InChI is InChI=1S/C10H15N3O/c1-14-7-11-5-8-2-3-9-10(4-8)13-6-12-9/h6-8H,2-5H2,1H3,(H,12,13). The molecule has 4 heteroatoms. The normalized spacial score (nSPS) is 21.1. The van der Waals surface area contributed by atoms with Crippen molar-refractivity contribution < 1.29 is 4.74 Å². The minimum absolute atomic E-state index is 0.634. The van der Waals surface area contributed by atoms with Gasteiger partial charge in [-0.2, -0.15) is 0 Å². The number of hydrogen-bond donors (Lipinski definition) is 1. The molecule has 0 saturated heterocycles. The first kappa shape index (κ1) is 9.24. The second-order valence-corrected chi connectivity index (χ2v) is 3.64. The number of fused-ring (bicyclic) bond motifs is 1. The van der Waals surface area contributed by atoms with Crippen molar-refractivity contribution in [2.45, 2.75) is 19.3 Å². The lowest BCUT2D eigenvalue weighted by atomic mass is 9.90. The van der Waals surface area contributed by atoms with E-state index in [0.29, 0.717) is 5.92 Å². The Labute approximate surface area is 83.4 Å². The SMILES string of the molecule is COC=NCC1CCc2nc[nH]c2C1.